The molecule has 0 spiro atoms. The lowest BCUT2D eigenvalue weighted by Crippen LogP contribution is -2.50. The van der Waals surface area contributed by atoms with E-state index in [-0.39, 0.29) is 29.9 Å². The second-order valence-corrected chi connectivity index (χ2v) is 8.62. The molecule has 0 aliphatic carbocycles. The van der Waals surface area contributed by atoms with E-state index in [2.05, 4.69) is 51.6 Å². The van der Waals surface area contributed by atoms with E-state index in [9.17, 15) is 4.79 Å². The minimum atomic E-state index is 0. The zero-order valence-electron chi connectivity index (χ0n) is 19.8. The predicted octanol–water partition coefficient (Wildman–Crippen LogP) is 2.51. The molecule has 1 aromatic rings. The Hall–Kier alpha value is -1.39. The minimum absolute atomic E-state index is 0. The molecule has 2 heterocycles. The number of piperidine rings is 1. The van der Waals surface area contributed by atoms with Gasteiger partial charge < -0.3 is 15.5 Å². The largest absolute Gasteiger partial charge is 0.357 e. The van der Waals surface area contributed by atoms with Crippen molar-refractivity contribution in [2.75, 3.05) is 58.9 Å². The fourth-order valence-corrected chi connectivity index (χ4v) is 4.26. The molecular formula is C24H41IN6O. The van der Waals surface area contributed by atoms with E-state index < -0.39 is 0 Å². The molecule has 1 aromatic carbocycles. The van der Waals surface area contributed by atoms with Crippen molar-refractivity contribution in [2.24, 2.45) is 4.99 Å². The van der Waals surface area contributed by atoms with Crippen LogP contribution in [0.5, 0.6) is 0 Å². The van der Waals surface area contributed by atoms with Crippen LogP contribution >= 0.6 is 24.0 Å². The minimum Gasteiger partial charge on any atom is -0.357 e. The van der Waals surface area contributed by atoms with Crippen molar-refractivity contribution < 1.29 is 4.79 Å². The Kier molecular flexibility index (Phi) is 12.3. The molecule has 2 saturated heterocycles. The van der Waals surface area contributed by atoms with Gasteiger partial charge in [-0.3, -0.25) is 14.6 Å². The number of amides is 1. The lowest BCUT2D eigenvalue weighted by molar-refractivity contribution is -0.130. The highest BCUT2D eigenvalue weighted by Gasteiger charge is 2.18. The molecule has 0 radical (unpaired) electrons. The second kappa shape index (κ2) is 14.7. The highest BCUT2D eigenvalue weighted by molar-refractivity contribution is 14.0. The number of hydrogen-bond acceptors (Lipinski definition) is 4. The number of hydrogen-bond donors (Lipinski definition) is 2. The molecule has 0 unspecified atom stereocenters. The fraction of sp³-hybridized carbons (Fsp3) is 0.667. The van der Waals surface area contributed by atoms with Gasteiger partial charge in [-0.25, -0.2) is 4.99 Å². The number of rotatable bonds is 8. The third-order valence-corrected chi connectivity index (χ3v) is 6.18. The van der Waals surface area contributed by atoms with Gasteiger partial charge in [0.15, 0.2) is 5.96 Å². The van der Waals surface area contributed by atoms with Crippen LogP contribution in [-0.2, 0) is 17.9 Å². The molecule has 2 N–H and O–H groups in total. The van der Waals surface area contributed by atoms with Crippen LogP contribution < -0.4 is 10.6 Å². The summed E-state index contributed by atoms with van der Waals surface area (Å²) in [5.41, 5.74) is 2.63. The van der Waals surface area contributed by atoms with E-state index in [4.69, 9.17) is 4.99 Å². The molecular weight excluding hydrogens is 515 g/mol. The smallest absolute Gasteiger partial charge is 0.219 e. The molecule has 2 aliphatic heterocycles. The van der Waals surface area contributed by atoms with Gasteiger partial charge >= 0.3 is 0 Å². The monoisotopic (exact) mass is 556 g/mol. The zero-order valence-corrected chi connectivity index (χ0v) is 22.1. The Morgan fingerprint density at radius 2 is 1.56 bits per heavy atom. The van der Waals surface area contributed by atoms with Crippen molar-refractivity contribution >= 4 is 35.8 Å². The SMILES string of the molecule is CCNC(=NCc1ccc(CN2CCCCC2)cc1)NCCN1CCN(C(C)=O)CC1.I. The van der Waals surface area contributed by atoms with Crippen LogP contribution in [0.4, 0.5) is 0 Å². The molecule has 7 nitrogen and oxygen atoms in total. The second-order valence-electron chi connectivity index (χ2n) is 8.62. The summed E-state index contributed by atoms with van der Waals surface area (Å²) in [6.07, 6.45) is 4.05. The fourth-order valence-electron chi connectivity index (χ4n) is 4.26. The maximum atomic E-state index is 11.4. The van der Waals surface area contributed by atoms with Crippen LogP contribution in [-0.4, -0.2) is 85.5 Å². The van der Waals surface area contributed by atoms with E-state index >= 15 is 0 Å². The first-order chi connectivity index (χ1) is 15.1. The van der Waals surface area contributed by atoms with Gasteiger partial charge in [-0.05, 0) is 44.0 Å². The molecule has 2 aliphatic rings. The lowest BCUT2D eigenvalue weighted by Gasteiger charge is -2.34. The molecule has 0 saturated carbocycles. The Balaban J connectivity index is 0.00000363. The van der Waals surface area contributed by atoms with Crippen LogP contribution in [0.1, 0.15) is 44.2 Å². The average Bonchev–Trinajstić information content (AvgIpc) is 2.79. The quantitative estimate of drug-likeness (QED) is 0.293. The highest BCUT2D eigenvalue weighted by atomic mass is 127. The third kappa shape index (κ3) is 9.23. The summed E-state index contributed by atoms with van der Waals surface area (Å²) < 4.78 is 0. The van der Waals surface area contributed by atoms with Crippen LogP contribution in [0.15, 0.2) is 29.3 Å². The number of benzene rings is 1. The van der Waals surface area contributed by atoms with Gasteiger partial charge in [0.25, 0.3) is 0 Å². The number of aliphatic imine (C=N–C) groups is 1. The summed E-state index contributed by atoms with van der Waals surface area (Å²) in [6.45, 7) is 14.1. The van der Waals surface area contributed by atoms with Crippen LogP contribution in [0.25, 0.3) is 0 Å². The first-order valence-corrected chi connectivity index (χ1v) is 11.9. The predicted molar refractivity (Wildman–Crippen MR) is 142 cm³/mol. The van der Waals surface area contributed by atoms with Crippen molar-refractivity contribution in [3.63, 3.8) is 0 Å². The van der Waals surface area contributed by atoms with Crippen LogP contribution in [0, 0.1) is 0 Å². The molecule has 0 bridgehead atoms. The molecule has 0 atom stereocenters. The maximum Gasteiger partial charge on any atom is 0.219 e. The van der Waals surface area contributed by atoms with Crippen molar-refractivity contribution in [3.8, 4) is 0 Å². The van der Waals surface area contributed by atoms with Gasteiger partial charge in [0, 0.05) is 59.3 Å². The first-order valence-electron chi connectivity index (χ1n) is 11.9. The number of likely N-dealkylation sites (tertiary alicyclic amines) is 1. The van der Waals surface area contributed by atoms with Gasteiger partial charge in [-0.2, -0.15) is 0 Å². The van der Waals surface area contributed by atoms with E-state index in [0.717, 1.165) is 58.3 Å². The average molecular weight is 557 g/mol. The molecule has 3 rings (SSSR count). The number of nitrogens with one attached hydrogen (secondary N) is 2. The van der Waals surface area contributed by atoms with Gasteiger partial charge in [-0.1, -0.05) is 30.7 Å². The summed E-state index contributed by atoms with van der Waals surface area (Å²) in [7, 11) is 0. The summed E-state index contributed by atoms with van der Waals surface area (Å²) in [5.74, 6) is 1.04. The van der Waals surface area contributed by atoms with Gasteiger partial charge in [0.2, 0.25) is 5.91 Å². The van der Waals surface area contributed by atoms with Gasteiger partial charge in [0.1, 0.15) is 0 Å². The first kappa shape index (κ1) is 26.9. The maximum absolute atomic E-state index is 11.4. The third-order valence-electron chi connectivity index (χ3n) is 6.18. The Morgan fingerprint density at radius 1 is 0.906 bits per heavy atom. The molecule has 2 fully saturated rings. The summed E-state index contributed by atoms with van der Waals surface area (Å²) >= 11 is 0. The highest BCUT2D eigenvalue weighted by Crippen LogP contribution is 2.14. The summed E-state index contributed by atoms with van der Waals surface area (Å²) in [6, 6.07) is 8.92. The number of carbonyl (C=O) groups excluding carboxylic acids is 1. The molecule has 0 aromatic heterocycles. The molecule has 180 valence electrons. The summed E-state index contributed by atoms with van der Waals surface area (Å²) in [4.78, 5) is 23.1. The van der Waals surface area contributed by atoms with Crippen LogP contribution in [0.3, 0.4) is 0 Å². The Labute approximate surface area is 211 Å². The van der Waals surface area contributed by atoms with E-state index in [1.807, 2.05) is 4.90 Å². The number of carbonyl (C=O) groups is 1. The van der Waals surface area contributed by atoms with Crippen molar-refractivity contribution in [3.05, 3.63) is 35.4 Å². The van der Waals surface area contributed by atoms with Gasteiger partial charge in [0.05, 0.1) is 6.54 Å². The molecule has 1 amide bonds. The lowest BCUT2D eigenvalue weighted by atomic mass is 10.1. The van der Waals surface area contributed by atoms with E-state index in [1.54, 1.807) is 6.92 Å². The zero-order chi connectivity index (χ0) is 21.9. The Morgan fingerprint density at radius 3 is 2.19 bits per heavy atom. The number of halogens is 1. The normalized spacial score (nSPS) is 18.2. The van der Waals surface area contributed by atoms with E-state index in [1.165, 1.54) is 43.5 Å². The van der Waals surface area contributed by atoms with Crippen LogP contribution in [0.2, 0.25) is 0 Å². The van der Waals surface area contributed by atoms with Crippen molar-refractivity contribution in [1.82, 2.24) is 25.3 Å². The van der Waals surface area contributed by atoms with E-state index in [0.29, 0.717) is 6.54 Å². The van der Waals surface area contributed by atoms with Gasteiger partial charge in [-0.15, -0.1) is 24.0 Å². The number of nitrogens with zero attached hydrogens (tertiary/aromatic N) is 4. The molecule has 32 heavy (non-hydrogen) atoms. The standard InChI is InChI=1S/C24H40N6O.HI/c1-3-25-24(26-11-14-28-15-17-30(18-16-28)21(2)31)27-19-22-7-9-23(10-8-22)20-29-12-5-4-6-13-29;/h7-10H,3-6,11-20H2,1-2H3,(H2,25,26,27);1H. The van der Waals surface area contributed by atoms with Crippen molar-refractivity contribution in [2.45, 2.75) is 46.2 Å². The topological polar surface area (TPSA) is 63.2 Å². The van der Waals surface area contributed by atoms with Crippen molar-refractivity contribution in [1.29, 1.82) is 0 Å². The Bertz CT molecular complexity index is 697. The number of guanidine groups is 1. The molecule has 8 heteroatoms. The summed E-state index contributed by atoms with van der Waals surface area (Å²) in [5, 5.41) is 6.79. The number of piperazine rings is 1.